The normalized spacial score (nSPS) is 10.9. The van der Waals surface area contributed by atoms with Crippen LogP contribution in [0.1, 0.15) is 32.0 Å². The van der Waals surface area contributed by atoms with Gasteiger partial charge in [-0.3, -0.25) is 9.78 Å². The lowest BCUT2D eigenvalue weighted by molar-refractivity contribution is -0.167. The molecule has 1 aromatic heterocycles. The molecule has 0 spiro atoms. The second-order valence-electron chi connectivity index (χ2n) is 3.90. The first kappa shape index (κ1) is 14.8. The van der Waals surface area contributed by atoms with E-state index in [0.29, 0.717) is 13.2 Å². The monoisotopic (exact) mass is 251 g/mol. The zero-order valence-electron chi connectivity index (χ0n) is 11.3. The van der Waals surface area contributed by atoms with Gasteiger partial charge in [0.2, 0.25) is 6.29 Å². The molecule has 4 nitrogen and oxygen atoms in total. The van der Waals surface area contributed by atoms with E-state index in [1.165, 1.54) is 0 Å². The van der Waals surface area contributed by atoms with E-state index < -0.39 is 6.29 Å². The van der Waals surface area contributed by atoms with Gasteiger partial charge in [0.05, 0.1) is 6.42 Å². The average molecular weight is 251 g/mol. The van der Waals surface area contributed by atoms with E-state index in [0.717, 1.165) is 17.7 Å². The third-order valence-electron chi connectivity index (χ3n) is 2.55. The Morgan fingerprint density at radius 3 is 2.33 bits per heavy atom. The van der Waals surface area contributed by atoms with E-state index in [1.54, 1.807) is 6.20 Å². The van der Waals surface area contributed by atoms with Gasteiger partial charge in [-0.25, -0.2) is 0 Å². The van der Waals surface area contributed by atoms with Crippen LogP contribution in [-0.2, 0) is 27.1 Å². The van der Waals surface area contributed by atoms with Crippen LogP contribution in [0, 0.1) is 0 Å². The maximum Gasteiger partial charge on any atom is 0.218 e. The summed E-state index contributed by atoms with van der Waals surface area (Å²) >= 11 is 0. The van der Waals surface area contributed by atoms with Crippen molar-refractivity contribution < 1.29 is 14.3 Å². The van der Waals surface area contributed by atoms with E-state index in [-0.39, 0.29) is 12.2 Å². The predicted octanol–water partition coefficient (Wildman–Crippen LogP) is 2.15. The molecule has 1 heterocycles. The minimum atomic E-state index is -0.771. The van der Waals surface area contributed by atoms with Crippen LogP contribution >= 0.6 is 0 Å². The number of pyridine rings is 1. The molecule has 100 valence electrons. The summed E-state index contributed by atoms with van der Waals surface area (Å²) in [7, 11) is 0. The van der Waals surface area contributed by atoms with Crippen molar-refractivity contribution in [1.29, 1.82) is 0 Å². The minimum Gasteiger partial charge on any atom is -0.346 e. The first-order valence-electron chi connectivity index (χ1n) is 6.40. The summed E-state index contributed by atoms with van der Waals surface area (Å²) in [6.45, 7) is 6.67. The summed E-state index contributed by atoms with van der Waals surface area (Å²) in [4.78, 5) is 16.2. The highest BCUT2D eigenvalue weighted by molar-refractivity contribution is 5.83. The van der Waals surface area contributed by atoms with E-state index >= 15 is 0 Å². The fourth-order valence-corrected chi connectivity index (χ4v) is 1.57. The van der Waals surface area contributed by atoms with Gasteiger partial charge in [-0.15, -0.1) is 0 Å². The van der Waals surface area contributed by atoms with Crippen LogP contribution in [0.5, 0.6) is 0 Å². The number of aryl methyl sites for hydroxylation is 1. The van der Waals surface area contributed by atoms with E-state index in [9.17, 15) is 4.79 Å². The van der Waals surface area contributed by atoms with Crippen LogP contribution in [-0.4, -0.2) is 30.3 Å². The highest BCUT2D eigenvalue weighted by Crippen LogP contribution is 2.06. The molecule has 0 N–H and O–H groups in total. The van der Waals surface area contributed by atoms with Crippen molar-refractivity contribution in [2.75, 3.05) is 13.2 Å². The Labute approximate surface area is 108 Å². The number of nitrogens with zero attached hydrogens (tertiary/aromatic N) is 1. The molecule has 0 unspecified atom stereocenters. The molecule has 0 saturated carbocycles. The summed E-state index contributed by atoms with van der Waals surface area (Å²) < 4.78 is 10.5. The van der Waals surface area contributed by atoms with Crippen LogP contribution in [0.4, 0.5) is 0 Å². The maximum absolute atomic E-state index is 12.0. The molecule has 0 fully saturated rings. The van der Waals surface area contributed by atoms with Gasteiger partial charge >= 0.3 is 0 Å². The van der Waals surface area contributed by atoms with Gasteiger partial charge in [0.25, 0.3) is 0 Å². The zero-order valence-corrected chi connectivity index (χ0v) is 11.3. The Hall–Kier alpha value is -1.26. The quantitative estimate of drug-likeness (QED) is 0.664. The molecule has 0 atom stereocenters. The minimum absolute atomic E-state index is 0.0875. The molecule has 0 aliphatic heterocycles. The summed E-state index contributed by atoms with van der Waals surface area (Å²) in [6, 6.07) is 3.87. The van der Waals surface area contributed by atoms with Gasteiger partial charge in [0, 0.05) is 25.1 Å². The fraction of sp³-hybridized carbons (Fsp3) is 0.571. The van der Waals surface area contributed by atoms with Gasteiger partial charge < -0.3 is 9.47 Å². The first-order valence-corrected chi connectivity index (χ1v) is 6.40. The Morgan fingerprint density at radius 1 is 1.22 bits per heavy atom. The summed E-state index contributed by atoms with van der Waals surface area (Å²) in [5.74, 6) is -0.0875. The smallest absolute Gasteiger partial charge is 0.218 e. The number of hydrogen-bond donors (Lipinski definition) is 0. The average Bonchev–Trinajstić information content (AvgIpc) is 2.39. The molecule has 4 heteroatoms. The molecule has 0 bridgehead atoms. The van der Waals surface area contributed by atoms with Crippen LogP contribution in [0.3, 0.4) is 0 Å². The van der Waals surface area contributed by atoms with E-state index in [1.807, 2.05) is 26.0 Å². The summed E-state index contributed by atoms with van der Waals surface area (Å²) in [5.41, 5.74) is 1.92. The van der Waals surface area contributed by atoms with Gasteiger partial charge in [0.1, 0.15) is 0 Å². The van der Waals surface area contributed by atoms with Gasteiger partial charge in [0.15, 0.2) is 5.78 Å². The Kier molecular flexibility index (Phi) is 6.54. The van der Waals surface area contributed by atoms with Crippen LogP contribution in [0.15, 0.2) is 18.3 Å². The number of Topliss-reactive ketones (excluding diaryl/α,β-unsaturated/α-hetero) is 1. The molecule has 0 saturated heterocycles. The molecule has 1 rings (SSSR count). The summed E-state index contributed by atoms with van der Waals surface area (Å²) in [5, 5.41) is 0. The number of ketones is 1. The largest absolute Gasteiger partial charge is 0.346 e. The predicted molar refractivity (Wildman–Crippen MR) is 69.4 cm³/mol. The SMILES string of the molecule is CCOC(OCC)C(=O)Cc1ccc(CC)cn1. The van der Waals surface area contributed by atoms with Crippen LogP contribution in [0.25, 0.3) is 0 Å². The topological polar surface area (TPSA) is 48.4 Å². The van der Waals surface area contributed by atoms with Gasteiger partial charge in [-0.1, -0.05) is 13.0 Å². The maximum atomic E-state index is 12.0. The molecule has 0 aromatic carbocycles. The van der Waals surface area contributed by atoms with Crippen molar-refractivity contribution in [1.82, 2.24) is 4.98 Å². The van der Waals surface area contributed by atoms with E-state index in [2.05, 4.69) is 11.9 Å². The van der Waals surface area contributed by atoms with Crippen molar-refractivity contribution in [3.8, 4) is 0 Å². The van der Waals surface area contributed by atoms with Crippen LogP contribution < -0.4 is 0 Å². The fourth-order valence-electron chi connectivity index (χ4n) is 1.57. The number of carbonyl (C=O) groups is 1. The molecule has 0 aliphatic rings. The van der Waals surface area contributed by atoms with Crippen molar-refractivity contribution >= 4 is 5.78 Å². The number of ether oxygens (including phenoxy) is 2. The molecular formula is C14H21NO3. The number of aromatic nitrogens is 1. The summed E-state index contributed by atoms with van der Waals surface area (Å²) in [6.07, 6.45) is 2.22. The Balaban J connectivity index is 2.60. The van der Waals surface area contributed by atoms with Crippen molar-refractivity contribution in [2.24, 2.45) is 0 Å². The van der Waals surface area contributed by atoms with Crippen molar-refractivity contribution in [3.05, 3.63) is 29.6 Å². The van der Waals surface area contributed by atoms with Crippen molar-refractivity contribution in [2.45, 2.75) is 39.9 Å². The third kappa shape index (κ3) is 4.55. The first-order chi connectivity index (χ1) is 8.71. The lowest BCUT2D eigenvalue weighted by Crippen LogP contribution is -2.29. The molecule has 18 heavy (non-hydrogen) atoms. The lowest BCUT2D eigenvalue weighted by Gasteiger charge is -2.15. The Morgan fingerprint density at radius 2 is 1.89 bits per heavy atom. The zero-order chi connectivity index (χ0) is 13.4. The standard InChI is InChI=1S/C14H21NO3/c1-4-11-7-8-12(15-10-11)9-13(16)14(17-5-2)18-6-3/h7-8,10,14H,4-6,9H2,1-3H3. The highest BCUT2D eigenvalue weighted by Gasteiger charge is 2.19. The van der Waals surface area contributed by atoms with E-state index in [4.69, 9.17) is 9.47 Å². The van der Waals surface area contributed by atoms with Gasteiger partial charge in [-0.2, -0.15) is 0 Å². The number of hydrogen-bond acceptors (Lipinski definition) is 4. The molecular weight excluding hydrogens is 230 g/mol. The van der Waals surface area contributed by atoms with Crippen molar-refractivity contribution in [3.63, 3.8) is 0 Å². The highest BCUT2D eigenvalue weighted by atomic mass is 16.7. The molecule has 0 radical (unpaired) electrons. The lowest BCUT2D eigenvalue weighted by atomic mass is 10.1. The molecule has 1 aromatic rings. The number of carbonyl (C=O) groups excluding carboxylic acids is 1. The molecule has 0 aliphatic carbocycles. The molecule has 0 amide bonds. The third-order valence-corrected chi connectivity index (χ3v) is 2.55. The Bertz CT molecular complexity index is 356. The second-order valence-corrected chi connectivity index (χ2v) is 3.90. The number of rotatable bonds is 8. The van der Waals surface area contributed by atoms with Crippen LogP contribution in [0.2, 0.25) is 0 Å². The van der Waals surface area contributed by atoms with Gasteiger partial charge in [-0.05, 0) is 31.9 Å². The second kappa shape index (κ2) is 7.95.